The van der Waals surface area contributed by atoms with Gasteiger partial charge in [0.1, 0.15) is 0 Å². The van der Waals surface area contributed by atoms with Crippen LogP contribution >= 0.6 is 0 Å². The molecule has 1 fully saturated rings. The van der Waals surface area contributed by atoms with Gasteiger partial charge in [-0.2, -0.15) is 0 Å². The molecule has 0 radical (unpaired) electrons. The van der Waals surface area contributed by atoms with Gasteiger partial charge in [-0.25, -0.2) is 0 Å². The quantitative estimate of drug-likeness (QED) is 0.507. The Labute approximate surface area is 151 Å². The van der Waals surface area contributed by atoms with Gasteiger partial charge in [0.05, 0.1) is 0 Å². The Balaban J connectivity index is 1.69. The molecule has 3 heteroatoms. The summed E-state index contributed by atoms with van der Waals surface area (Å²) in [5, 5.41) is 1.26. The minimum Gasteiger partial charge on any atom is -0.361 e. The largest absolute Gasteiger partial charge is 0.361 e. The fourth-order valence-electron chi connectivity index (χ4n) is 4.08. The van der Waals surface area contributed by atoms with Crippen molar-refractivity contribution in [2.24, 2.45) is 0 Å². The number of ketones is 1. The zero-order chi connectivity index (χ0) is 17.6. The van der Waals surface area contributed by atoms with Gasteiger partial charge < -0.3 is 9.88 Å². The molecule has 2 heterocycles. The fourth-order valence-corrected chi connectivity index (χ4v) is 4.08. The van der Waals surface area contributed by atoms with E-state index in [2.05, 4.69) is 42.1 Å². The molecule has 3 nitrogen and oxygen atoms in total. The third-order valence-corrected chi connectivity index (χ3v) is 5.62. The third-order valence-electron chi connectivity index (χ3n) is 5.62. The molecular formula is C22H32N2O. The lowest BCUT2D eigenvalue weighted by Gasteiger charge is -2.32. The first-order valence-corrected chi connectivity index (χ1v) is 10.1. The number of carbonyl (C=O) groups excluding carboxylic acids is 1. The molecule has 0 unspecified atom stereocenters. The van der Waals surface area contributed by atoms with E-state index in [0.29, 0.717) is 12.3 Å². The van der Waals surface area contributed by atoms with Gasteiger partial charge in [-0.1, -0.05) is 26.7 Å². The molecule has 1 aromatic heterocycles. The highest BCUT2D eigenvalue weighted by Crippen LogP contribution is 2.33. The van der Waals surface area contributed by atoms with Crippen molar-refractivity contribution in [3.8, 4) is 0 Å². The molecule has 3 rings (SSSR count). The van der Waals surface area contributed by atoms with Crippen LogP contribution in [0.5, 0.6) is 0 Å². The van der Waals surface area contributed by atoms with Gasteiger partial charge in [-0.15, -0.1) is 0 Å². The minimum absolute atomic E-state index is 0.266. The highest BCUT2D eigenvalue weighted by molar-refractivity contribution is 6.00. The van der Waals surface area contributed by atoms with Crippen LogP contribution in [0.3, 0.4) is 0 Å². The molecule has 1 aromatic carbocycles. The Kier molecular flexibility index (Phi) is 6.30. The van der Waals surface area contributed by atoms with Gasteiger partial charge in [0, 0.05) is 29.1 Å². The fraction of sp³-hybridized carbons (Fsp3) is 0.591. The number of rotatable bonds is 8. The van der Waals surface area contributed by atoms with Crippen molar-refractivity contribution in [3.05, 3.63) is 35.5 Å². The van der Waals surface area contributed by atoms with Crippen molar-refractivity contribution in [2.75, 3.05) is 19.6 Å². The molecule has 0 bridgehead atoms. The predicted molar refractivity (Wildman–Crippen MR) is 105 cm³/mol. The van der Waals surface area contributed by atoms with Crippen LogP contribution in [0.2, 0.25) is 0 Å². The smallest absolute Gasteiger partial charge is 0.162 e. The minimum atomic E-state index is 0.266. The number of unbranched alkanes of at least 4 members (excludes halogenated alkanes) is 2. The van der Waals surface area contributed by atoms with E-state index in [1.807, 2.05) is 6.07 Å². The normalized spacial score (nSPS) is 16.6. The monoisotopic (exact) mass is 340 g/mol. The first-order chi connectivity index (χ1) is 12.2. The number of nitrogens with one attached hydrogen (secondary N) is 1. The lowest BCUT2D eigenvalue weighted by Crippen LogP contribution is -2.33. The summed E-state index contributed by atoms with van der Waals surface area (Å²) in [6.45, 7) is 7.99. The van der Waals surface area contributed by atoms with E-state index in [1.54, 1.807) is 0 Å². The molecule has 0 atom stereocenters. The lowest BCUT2D eigenvalue weighted by molar-refractivity contribution is 0.0982. The SMILES string of the molecule is CCCCCN1CCC(c2c[nH]c3ccc(C(=O)CCC)cc23)CC1. The predicted octanol–water partition coefficient (Wildman–Crippen LogP) is 5.52. The van der Waals surface area contributed by atoms with E-state index >= 15 is 0 Å². The van der Waals surface area contributed by atoms with Crippen LogP contribution in [0.4, 0.5) is 0 Å². The summed E-state index contributed by atoms with van der Waals surface area (Å²) in [6.07, 6.45) is 10.2. The highest BCUT2D eigenvalue weighted by atomic mass is 16.1. The number of carbonyl (C=O) groups is 1. The number of piperidine rings is 1. The number of likely N-dealkylation sites (tertiary alicyclic amines) is 1. The molecule has 1 saturated heterocycles. The van der Waals surface area contributed by atoms with Crippen LogP contribution in [0.1, 0.15) is 80.6 Å². The van der Waals surface area contributed by atoms with Gasteiger partial charge in [0.25, 0.3) is 0 Å². The summed E-state index contributed by atoms with van der Waals surface area (Å²) in [5.41, 5.74) is 3.44. The van der Waals surface area contributed by atoms with Crippen LogP contribution < -0.4 is 0 Å². The number of aromatic nitrogens is 1. The summed E-state index contributed by atoms with van der Waals surface area (Å²) in [4.78, 5) is 18.3. The second kappa shape index (κ2) is 8.66. The van der Waals surface area contributed by atoms with E-state index in [9.17, 15) is 4.79 Å². The molecule has 0 aliphatic carbocycles. The number of hydrogen-bond acceptors (Lipinski definition) is 2. The van der Waals surface area contributed by atoms with Gasteiger partial charge in [-0.3, -0.25) is 4.79 Å². The lowest BCUT2D eigenvalue weighted by atomic mass is 9.88. The standard InChI is InChI=1S/C22H32N2O/c1-3-5-6-12-24-13-10-17(11-14-24)20-16-23-21-9-8-18(15-19(20)21)22(25)7-4-2/h8-9,15-17,23H,3-7,10-14H2,1-2H3. The maximum absolute atomic E-state index is 12.2. The molecule has 1 aliphatic rings. The van der Waals surface area contributed by atoms with Crippen molar-refractivity contribution in [1.82, 2.24) is 9.88 Å². The van der Waals surface area contributed by atoms with Crippen molar-refractivity contribution in [1.29, 1.82) is 0 Å². The van der Waals surface area contributed by atoms with E-state index in [0.717, 1.165) is 17.5 Å². The molecule has 2 aromatic rings. The van der Waals surface area contributed by atoms with Crippen LogP contribution in [0.25, 0.3) is 10.9 Å². The molecule has 136 valence electrons. The maximum Gasteiger partial charge on any atom is 0.162 e. The Hall–Kier alpha value is -1.61. The number of nitrogens with zero attached hydrogens (tertiary/aromatic N) is 1. The molecule has 25 heavy (non-hydrogen) atoms. The van der Waals surface area contributed by atoms with Crippen molar-refractivity contribution >= 4 is 16.7 Å². The second-order valence-corrected chi connectivity index (χ2v) is 7.50. The van der Waals surface area contributed by atoms with E-state index < -0.39 is 0 Å². The van der Waals surface area contributed by atoms with Crippen molar-refractivity contribution < 1.29 is 4.79 Å². The van der Waals surface area contributed by atoms with E-state index in [-0.39, 0.29) is 5.78 Å². The molecular weight excluding hydrogens is 308 g/mol. The number of aromatic amines is 1. The molecule has 0 spiro atoms. The average molecular weight is 341 g/mol. The second-order valence-electron chi connectivity index (χ2n) is 7.50. The van der Waals surface area contributed by atoms with Crippen molar-refractivity contribution in [3.63, 3.8) is 0 Å². The number of hydrogen-bond donors (Lipinski definition) is 1. The summed E-state index contributed by atoms with van der Waals surface area (Å²) in [7, 11) is 0. The van der Waals surface area contributed by atoms with Crippen molar-refractivity contribution in [2.45, 2.75) is 64.7 Å². The van der Waals surface area contributed by atoms with Crippen LogP contribution in [0, 0.1) is 0 Å². The first-order valence-electron chi connectivity index (χ1n) is 10.1. The molecule has 0 amide bonds. The number of benzene rings is 1. The number of Topliss-reactive ketones (excluding diaryl/α,β-unsaturated/α-hetero) is 1. The van der Waals surface area contributed by atoms with E-state index in [1.165, 1.54) is 62.7 Å². The summed E-state index contributed by atoms with van der Waals surface area (Å²) >= 11 is 0. The molecule has 0 saturated carbocycles. The van der Waals surface area contributed by atoms with Gasteiger partial charge in [0.2, 0.25) is 0 Å². The zero-order valence-corrected chi connectivity index (χ0v) is 15.8. The summed E-state index contributed by atoms with van der Waals surface area (Å²) < 4.78 is 0. The van der Waals surface area contributed by atoms with E-state index in [4.69, 9.17) is 0 Å². The Bertz CT molecular complexity index is 695. The Morgan fingerprint density at radius 3 is 2.68 bits per heavy atom. The Morgan fingerprint density at radius 1 is 1.16 bits per heavy atom. The highest BCUT2D eigenvalue weighted by Gasteiger charge is 2.22. The topological polar surface area (TPSA) is 36.1 Å². The van der Waals surface area contributed by atoms with Crippen LogP contribution in [-0.2, 0) is 0 Å². The van der Waals surface area contributed by atoms with Crippen LogP contribution in [0.15, 0.2) is 24.4 Å². The van der Waals surface area contributed by atoms with Gasteiger partial charge >= 0.3 is 0 Å². The maximum atomic E-state index is 12.2. The van der Waals surface area contributed by atoms with Gasteiger partial charge in [-0.05, 0) is 75.0 Å². The zero-order valence-electron chi connectivity index (χ0n) is 15.8. The summed E-state index contributed by atoms with van der Waals surface area (Å²) in [5.74, 6) is 0.884. The molecule has 1 N–H and O–H groups in total. The number of H-pyrrole nitrogens is 1. The van der Waals surface area contributed by atoms with Crippen LogP contribution in [-0.4, -0.2) is 35.3 Å². The van der Waals surface area contributed by atoms with Gasteiger partial charge in [0.15, 0.2) is 5.78 Å². The summed E-state index contributed by atoms with van der Waals surface area (Å²) in [6, 6.07) is 6.16. The first kappa shape index (κ1) is 18.2. The molecule has 1 aliphatic heterocycles. The third kappa shape index (κ3) is 4.33. The Morgan fingerprint density at radius 2 is 1.96 bits per heavy atom. The average Bonchev–Trinajstić information content (AvgIpc) is 3.06. The number of fused-ring (bicyclic) bond motifs is 1.